The molecule has 0 heterocycles. The van der Waals surface area contributed by atoms with Gasteiger partial charge in [-0.2, -0.15) is 0 Å². The van der Waals surface area contributed by atoms with Crippen molar-refractivity contribution in [2.45, 2.75) is 6.92 Å². The van der Waals surface area contributed by atoms with Crippen LogP contribution in [0, 0.1) is 0 Å². The molecule has 0 aliphatic heterocycles. The molecule has 1 aromatic rings. The molecule has 21 heavy (non-hydrogen) atoms. The number of carboxylic acid groups (broad SMARTS) is 1. The normalized spacial score (nSPS) is 10.4. The number of likely N-dealkylation sites (N-methyl/N-ethyl adjacent to an activating group) is 2. The Morgan fingerprint density at radius 3 is 2.62 bits per heavy atom. The Labute approximate surface area is 123 Å². The minimum absolute atomic E-state index is 0.0129. The molecule has 6 nitrogen and oxygen atoms in total. The zero-order chi connectivity index (χ0) is 15.8. The van der Waals surface area contributed by atoms with Crippen molar-refractivity contribution in [2.24, 2.45) is 0 Å². The van der Waals surface area contributed by atoms with Gasteiger partial charge in [-0.3, -0.25) is 9.59 Å². The fourth-order valence-corrected chi connectivity index (χ4v) is 1.71. The van der Waals surface area contributed by atoms with Crippen molar-refractivity contribution < 1.29 is 19.5 Å². The lowest BCUT2D eigenvalue weighted by molar-refractivity contribution is -0.131. The number of nitrogens with zero attached hydrogens (tertiary/aromatic N) is 1. The SMILES string of the molecule is CCN(CC(=O)NC)C(=O)c1cccc(C=CC(=O)O)c1. The Bertz CT molecular complexity index is 567. The monoisotopic (exact) mass is 290 g/mol. The maximum atomic E-state index is 12.3. The Morgan fingerprint density at radius 2 is 2.05 bits per heavy atom. The van der Waals surface area contributed by atoms with Crippen molar-refractivity contribution in [1.29, 1.82) is 0 Å². The predicted octanol–water partition coefficient (Wildman–Crippen LogP) is 0.992. The van der Waals surface area contributed by atoms with Gasteiger partial charge in [0.25, 0.3) is 5.91 Å². The molecule has 112 valence electrons. The summed E-state index contributed by atoms with van der Waals surface area (Å²) in [6, 6.07) is 6.59. The van der Waals surface area contributed by atoms with E-state index in [1.54, 1.807) is 31.2 Å². The standard InChI is InChI=1S/C15H18N2O4/c1-3-17(10-13(18)16-2)15(21)12-6-4-5-11(9-12)7-8-14(19)20/h4-9H,3,10H2,1-2H3,(H,16,18)(H,19,20). The van der Waals surface area contributed by atoms with E-state index in [-0.39, 0.29) is 18.4 Å². The highest BCUT2D eigenvalue weighted by Gasteiger charge is 2.16. The first-order valence-corrected chi connectivity index (χ1v) is 6.48. The van der Waals surface area contributed by atoms with Crippen molar-refractivity contribution in [3.05, 3.63) is 41.5 Å². The number of carbonyl (C=O) groups excluding carboxylic acids is 2. The number of nitrogens with one attached hydrogen (secondary N) is 1. The average molecular weight is 290 g/mol. The van der Waals surface area contributed by atoms with Crippen molar-refractivity contribution in [1.82, 2.24) is 10.2 Å². The Kier molecular flexibility index (Phi) is 6.13. The molecule has 0 saturated carbocycles. The third kappa shape index (κ3) is 5.10. The van der Waals surface area contributed by atoms with Crippen LogP contribution >= 0.6 is 0 Å². The molecule has 0 bridgehead atoms. The van der Waals surface area contributed by atoms with Gasteiger partial charge < -0.3 is 15.3 Å². The molecular weight excluding hydrogens is 272 g/mol. The van der Waals surface area contributed by atoms with Crippen LogP contribution in [0.3, 0.4) is 0 Å². The van der Waals surface area contributed by atoms with Crippen LogP contribution in [-0.4, -0.2) is 47.9 Å². The predicted molar refractivity (Wildman–Crippen MR) is 78.8 cm³/mol. The van der Waals surface area contributed by atoms with Gasteiger partial charge in [0.15, 0.2) is 0 Å². The van der Waals surface area contributed by atoms with E-state index in [9.17, 15) is 14.4 Å². The van der Waals surface area contributed by atoms with Crippen molar-refractivity contribution in [2.75, 3.05) is 20.1 Å². The molecule has 0 saturated heterocycles. The molecule has 2 N–H and O–H groups in total. The summed E-state index contributed by atoms with van der Waals surface area (Å²) in [4.78, 5) is 35.6. The number of carboxylic acids is 1. The molecule has 1 rings (SSSR count). The Hall–Kier alpha value is -2.63. The molecule has 0 radical (unpaired) electrons. The van der Waals surface area contributed by atoms with Crippen LogP contribution in [0.15, 0.2) is 30.3 Å². The van der Waals surface area contributed by atoms with Gasteiger partial charge in [-0.05, 0) is 30.7 Å². The van der Waals surface area contributed by atoms with Crippen molar-refractivity contribution >= 4 is 23.9 Å². The van der Waals surface area contributed by atoms with E-state index in [1.807, 2.05) is 0 Å². The summed E-state index contributed by atoms with van der Waals surface area (Å²) in [6.45, 7) is 2.18. The summed E-state index contributed by atoms with van der Waals surface area (Å²) < 4.78 is 0. The van der Waals surface area contributed by atoms with E-state index < -0.39 is 5.97 Å². The van der Waals surface area contributed by atoms with Gasteiger partial charge in [-0.15, -0.1) is 0 Å². The second-order valence-corrected chi connectivity index (χ2v) is 4.29. The van der Waals surface area contributed by atoms with Crippen LogP contribution in [0.5, 0.6) is 0 Å². The molecular formula is C15H18N2O4. The maximum Gasteiger partial charge on any atom is 0.328 e. The molecule has 6 heteroatoms. The van der Waals surface area contributed by atoms with Gasteiger partial charge in [0, 0.05) is 25.2 Å². The lowest BCUT2D eigenvalue weighted by atomic mass is 10.1. The van der Waals surface area contributed by atoms with E-state index in [1.165, 1.54) is 18.0 Å². The number of amides is 2. The zero-order valence-corrected chi connectivity index (χ0v) is 12.0. The summed E-state index contributed by atoms with van der Waals surface area (Å²) in [6.07, 6.45) is 2.42. The van der Waals surface area contributed by atoms with Crippen LogP contribution in [-0.2, 0) is 9.59 Å². The largest absolute Gasteiger partial charge is 0.478 e. The quantitative estimate of drug-likeness (QED) is 0.765. The van der Waals surface area contributed by atoms with Gasteiger partial charge in [0.1, 0.15) is 0 Å². The topological polar surface area (TPSA) is 86.7 Å². The van der Waals surface area contributed by atoms with Gasteiger partial charge >= 0.3 is 5.97 Å². The van der Waals surface area contributed by atoms with E-state index in [0.717, 1.165) is 6.08 Å². The van der Waals surface area contributed by atoms with Gasteiger partial charge in [0.05, 0.1) is 6.54 Å². The second-order valence-electron chi connectivity index (χ2n) is 4.29. The first kappa shape index (κ1) is 16.4. The van der Waals surface area contributed by atoms with Crippen LogP contribution in [0.1, 0.15) is 22.8 Å². The zero-order valence-electron chi connectivity index (χ0n) is 12.0. The van der Waals surface area contributed by atoms with Gasteiger partial charge in [-0.1, -0.05) is 12.1 Å². The molecule has 0 unspecified atom stereocenters. The summed E-state index contributed by atoms with van der Waals surface area (Å²) >= 11 is 0. The van der Waals surface area contributed by atoms with Gasteiger partial charge in [0.2, 0.25) is 5.91 Å². The summed E-state index contributed by atoms with van der Waals surface area (Å²) in [5.74, 6) is -1.57. The number of aliphatic carboxylic acids is 1. The maximum absolute atomic E-state index is 12.3. The molecule has 1 aromatic carbocycles. The summed E-state index contributed by atoms with van der Waals surface area (Å²) in [5.41, 5.74) is 1.02. The van der Waals surface area contributed by atoms with E-state index in [4.69, 9.17) is 5.11 Å². The molecule has 0 aromatic heterocycles. The fourth-order valence-electron chi connectivity index (χ4n) is 1.71. The number of benzene rings is 1. The van der Waals surface area contributed by atoms with Crippen molar-refractivity contribution in [3.63, 3.8) is 0 Å². The fraction of sp³-hybridized carbons (Fsp3) is 0.267. The van der Waals surface area contributed by atoms with E-state index in [0.29, 0.717) is 17.7 Å². The number of carbonyl (C=O) groups is 3. The van der Waals surface area contributed by atoms with E-state index in [2.05, 4.69) is 5.32 Å². The Balaban J connectivity index is 2.93. The second kappa shape index (κ2) is 7.84. The number of hydrogen-bond acceptors (Lipinski definition) is 3. The number of hydrogen-bond donors (Lipinski definition) is 2. The molecule has 0 atom stereocenters. The van der Waals surface area contributed by atoms with Crippen LogP contribution in [0.2, 0.25) is 0 Å². The highest BCUT2D eigenvalue weighted by atomic mass is 16.4. The van der Waals surface area contributed by atoms with Gasteiger partial charge in [-0.25, -0.2) is 4.79 Å². The number of rotatable bonds is 6. The average Bonchev–Trinajstić information content (AvgIpc) is 2.49. The molecule has 0 aliphatic rings. The minimum Gasteiger partial charge on any atom is -0.478 e. The summed E-state index contributed by atoms with van der Waals surface area (Å²) in [5, 5.41) is 11.1. The molecule has 0 aliphatic carbocycles. The van der Waals surface area contributed by atoms with E-state index >= 15 is 0 Å². The van der Waals surface area contributed by atoms with Crippen LogP contribution < -0.4 is 5.32 Å². The highest BCUT2D eigenvalue weighted by molar-refractivity contribution is 5.97. The first-order valence-electron chi connectivity index (χ1n) is 6.48. The Morgan fingerprint density at radius 1 is 1.33 bits per heavy atom. The van der Waals surface area contributed by atoms with Crippen LogP contribution in [0.4, 0.5) is 0 Å². The smallest absolute Gasteiger partial charge is 0.328 e. The van der Waals surface area contributed by atoms with Crippen molar-refractivity contribution in [3.8, 4) is 0 Å². The third-order valence-electron chi connectivity index (χ3n) is 2.83. The molecule has 2 amide bonds. The summed E-state index contributed by atoms with van der Waals surface area (Å²) in [7, 11) is 1.51. The lowest BCUT2D eigenvalue weighted by Gasteiger charge is -2.20. The molecule has 0 fully saturated rings. The van der Waals surface area contributed by atoms with Crippen LogP contribution in [0.25, 0.3) is 6.08 Å². The highest BCUT2D eigenvalue weighted by Crippen LogP contribution is 2.10. The minimum atomic E-state index is -1.05. The lowest BCUT2D eigenvalue weighted by Crippen LogP contribution is -2.39. The molecule has 0 spiro atoms. The third-order valence-corrected chi connectivity index (χ3v) is 2.83. The first-order chi connectivity index (χ1) is 9.97.